The average molecular weight is 300 g/mol. The van der Waals surface area contributed by atoms with E-state index in [2.05, 4.69) is 15.6 Å². The van der Waals surface area contributed by atoms with E-state index < -0.39 is 5.92 Å². The van der Waals surface area contributed by atoms with Crippen LogP contribution in [0.1, 0.15) is 42.5 Å². The molecule has 0 saturated heterocycles. The Morgan fingerprint density at radius 2 is 2.14 bits per heavy atom. The van der Waals surface area contributed by atoms with Crippen molar-refractivity contribution in [2.24, 2.45) is 0 Å². The van der Waals surface area contributed by atoms with Gasteiger partial charge in [0, 0.05) is 0 Å². The van der Waals surface area contributed by atoms with Crippen molar-refractivity contribution < 1.29 is 9.90 Å². The van der Waals surface area contributed by atoms with Crippen LogP contribution in [0.15, 0.2) is 36.5 Å². The van der Waals surface area contributed by atoms with Gasteiger partial charge in [-0.15, -0.1) is 5.10 Å². The Morgan fingerprint density at radius 1 is 1.36 bits per heavy atom. The van der Waals surface area contributed by atoms with Gasteiger partial charge < -0.3 is 10.4 Å². The first-order chi connectivity index (χ1) is 10.8. The van der Waals surface area contributed by atoms with Gasteiger partial charge in [-0.2, -0.15) is 0 Å². The molecule has 1 amide bonds. The van der Waals surface area contributed by atoms with Crippen LogP contribution in [-0.4, -0.2) is 32.6 Å². The maximum absolute atomic E-state index is 12.2. The summed E-state index contributed by atoms with van der Waals surface area (Å²) in [6, 6.07) is 9.74. The van der Waals surface area contributed by atoms with E-state index in [1.54, 1.807) is 0 Å². The second-order valence-electron chi connectivity index (χ2n) is 5.64. The van der Waals surface area contributed by atoms with Gasteiger partial charge in [0.25, 0.3) is 0 Å². The van der Waals surface area contributed by atoms with E-state index in [1.807, 2.05) is 41.2 Å². The minimum Gasteiger partial charge on any atom is -0.395 e. The van der Waals surface area contributed by atoms with Crippen molar-refractivity contribution in [1.29, 1.82) is 0 Å². The highest BCUT2D eigenvalue weighted by atomic mass is 16.3. The van der Waals surface area contributed by atoms with Crippen LogP contribution in [0.25, 0.3) is 0 Å². The first kappa shape index (κ1) is 14.7. The lowest BCUT2D eigenvalue weighted by atomic mass is 9.93. The van der Waals surface area contributed by atoms with E-state index in [1.165, 1.54) is 6.42 Å². The molecule has 116 valence electrons. The van der Waals surface area contributed by atoms with Crippen molar-refractivity contribution in [3.8, 4) is 0 Å². The van der Waals surface area contributed by atoms with E-state index in [9.17, 15) is 9.90 Å². The third-order valence-corrected chi connectivity index (χ3v) is 4.15. The van der Waals surface area contributed by atoms with Gasteiger partial charge in [0.2, 0.25) is 5.91 Å². The van der Waals surface area contributed by atoms with Crippen LogP contribution in [0.3, 0.4) is 0 Å². The van der Waals surface area contributed by atoms with E-state index in [-0.39, 0.29) is 12.5 Å². The lowest BCUT2D eigenvalue weighted by molar-refractivity contribution is -0.123. The fraction of sp³-hybridized carbons (Fsp3) is 0.438. The maximum atomic E-state index is 12.2. The summed E-state index contributed by atoms with van der Waals surface area (Å²) in [5, 5.41) is 20.5. The molecule has 1 aromatic heterocycles. The van der Waals surface area contributed by atoms with Crippen LogP contribution in [-0.2, 0) is 11.3 Å². The minimum atomic E-state index is -0.553. The fourth-order valence-electron chi connectivity index (χ4n) is 2.55. The highest BCUT2D eigenvalue weighted by Crippen LogP contribution is 2.30. The molecule has 2 aromatic rings. The molecule has 0 radical (unpaired) electrons. The Kier molecular flexibility index (Phi) is 4.48. The Morgan fingerprint density at radius 3 is 2.77 bits per heavy atom. The molecule has 2 N–H and O–H groups in total. The summed E-state index contributed by atoms with van der Waals surface area (Å²) in [5.74, 6) is -0.755. The third kappa shape index (κ3) is 3.17. The molecule has 1 aliphatic rings. The van der Waals surface area contributed by atoms with Crippen molar-refractivity contribution in [1.82, 2.24) is 20.3 Å². The largest absolute Gasteiger partial charge is 0.395 e. The van der Waals surface area contributed by atoms with Crippen molar-refractivity contribution in [2.75, 3.05) is 6.61 Å². The van der Waals surface area contributed by atoms with Crippen LogP contribution in [0.2, 0.25) is 0 Å². The Hall–Kier alpha value is -2.21. The molecule has 1 aromatic carbocycles. The van der Waals surface area contributed by atoms with Crippen LogP contribution < -0.4 is 5.32 Å². The number of aromatic nitrogens is 3. The summed E-state index contributed by atoms with van der Waals surface area (Å²) in [5.41, 5.74) is 1.55. The summed E-state index contributed by atoms with van der Waals surface area (Å²) in [6.45, 7) is 0.111. The van der Waals surface area contributed by atoms with Gasteiger partial charge in [0.05, 0.1) is 31.3 Å². The van der Waals surface area contributed by atoms with Gasteiger partial charge in [-0.1, -0.05) is 35.5 Å². The topological polar surface area (TPSA) is 80.0 Å². The zero-order chi connectivity index (χ0) is 15.4. The molecular formula is C16H20N4O2. The smallest absolute Gasteiger partial charge is 0.230 e. The van der Waals surface area contributed by atoms with Gasteiger partial charge in [-0.3, -0.25) is 4.79 Å². The zero-order valence-electron chi connectivity index (χ0n) is 12.4. The number of aliphatic hydroxyl groups excluding tert-OH is 1. The number of amides is 1. The molecule has 1 heterocycles. The van der Waals surface area contributed by atoms with Crippen LogP contribution in [0.5, 0.6) is 0 Å². The zero-order valence-corrected chi connectivity index (χ0v) is 12.4. The molecule has 0 aliphatic heterocycles. The number of rotatable bonds is 6. The number of nitrogens with one attached hydrogen (secondary N) is 1. The SMILES string of the molecule is O=C(NCc1cn(C2CCC2)nn1)C(CO)c1ccccc1. The maximum Gasteiger partial charge on any atom is 0.230 e. The molecule has 1 fully saturated rings. The van der Waals surface area contributed by atoms with Crippen LogP contribution in [0.4, 0.5) is 0 Å². The highest BCUT2D eigenvalue weighted by Gasteiger charge is 2.22. The number of benzene rings is 1. The van der Waals surface area contributed by atoms with E-state index >= 15 is 0 Å². The Balaban J connectivity index is 1.57. The van der Waals surface area contributed by atoms with Crippen LogP contribution >= 0.6 is 0 Å². The molecule has 1 aliphatic carbocycles. The second-order valence-corrected chi connectivity index (χ2v) is 5.64. The molecular weight excluding hydrogens is 280 g/mol. The molecule has 1 atom stereocenters. The molecule has 3 rings (SSSR count). The van der Waals surface area contributed by atoms with Gasteiger partial charge in [-0.25, -0.2) is 4.68 Å². The minimum absolute atomic E-state index is 0.202. The molecule has 0 spiro atoms. The van der Waals surface area contributed by atoms with E-state index in [4.69, 9.17) is 0 Å². The number of carbonyl (C=O) groups excluding carboxylic acids is 1. The summed E-state index contributed by atoms with van der Waals surface area (Å²) >= 11 is 0. The Bertz CT molecular complexity index is 622. The number of aliphatic hydroxyl groups is 1. The van der Waals surface area contributed by atoms with E-state index in [0.717, 1.165) is 24.1 Å². The van der Waals surface area contributed by atoms with Gasteiger partial charge in [0.15, 0.2) is 0 Å². The first-order valence-electron chi connectivity index (χ1n) is 7.62. The van der Waals surface area contributed by atoms with Gasteiger partial charge in [-0.05, 0) is 24.8 Å². The van der Waals surface area contributed by atoms with Crippen molar-refractivity contribution in [2.45, 2.75) is 37.8 Å². The molecule has 6 nitrogen and oxygen atoms in total. The quantitative estimate of drug-likeness (QED) is 0.845. The molecule has 6 heteroatoms. The molecule has 22 heavy (non-hydrogen) atoms. The molecule has 1 saturated carbocycles. The highest BCUT2D eigenvalue weighted by molar-refractivity contribution is 5.83. The number of hydrogen-bond donors (Lipinski definition) is 2. The number of nitrogens with zero attached hydrogens (tertiary/aromatic N) is 3. The van der Waals surface area contributed by atoms with Gasteiger partial charge >= 0.3 is 0 Å². The standard InChI is InChI=1S/C16H20N4O2/c21-11-15(12-5-2-1-3-6-12)16(22)17-9-13-10-20(19-18-13)14-7-4-8-14/h1-3,5-6,10,14-15,21H,4,7-9,11H2,(H,17,22). The second kappa shape index (κ2) is 6.70. The predicted molar refractivity (Wildman–Crippen MR) is 81.0 cm³/mol. The number of hydrogen-bond acceptors (Lipinski definition) is 4. The summed E-state index contributed by atoms with van der Waals surface area (Å²) in [4.78, 5) is 12.2. The summed E-state index contributed by atoms with van der Waals surface area (Å²) in [6.07, 6.45) is 5.43. The molecule has 0 bridgehead atoms. The summed E-state index contributed by atoms with van der Waals surface area (Å²) in [7, 11) is 0. The monoisotopic (exact) mass is 300 g/mol. The summed E-state index contributed by atoms with van der Waals surface area (Å²) < 4.78 is 1.88. The lowest BCUT2D eigenvalue weighted by Gasteiger charge is -2.24. The third-order valence-electron chi connectivity index (χ3n) is 4.15. The Labute approximate surface area is 129 Å². The first-order valence-corrected chi connectivity index (χ1v) is 7.62. The molecule has 1 unspecified atom stereocenters. The average Bonchev–Trinajstić information content (AvgIpc) is 2.94. The van der Waals surface area contributed by atoms with Crippen molar-refractivity contribution in [3.63, 3.8) is 0 Å². The fourth-order valence-corrected chi connectivity index (χ4v) is 2.55. The number of carbonyl (C=O) groups is 1. The van der Waals surface area contributed by atoms with Gasteiger partial charge in [0.1, 0.15) is 5.69 Å². The normalized spacial score (nSPS) is 16.0. The lowest BCUT2D eigenvalue weighted by Crippen LogP contribution is -2.31. The van der Waals surface area contributed by atoms with E-state index in [0.29, 0.717) is 12.6 Å². The van der Waals surface area contributed by atoms with Crippen molar-refractivity contribution in [3.05, 3.63) is 47.8 Å². The predicted octanol–water partition coefficient (Wildman–Crippen LogP) is 1.40. The van der Waals surface area contributed by atoms with Crippen molar-refractivity contribution >= 4 is 5.91 Å². The van der Waals surface area contributed by atoms with Crippen LogP contribution in [0, 0.1) is 0 Å².